The van der Waals surface area contributed by atoms with E-state index in [0.717, 1.165) is 57.8 Å². The third-order valence-electron chi connectivity index (χ3n) is 14.5. The molecule has 0 N–H and O–H groups in total. The monoisotopic (exact) mass is 1050 g/mol. The van der Waals surface area contributed by atoms with Crippen molar-refractivity contribution in [1.82, 2.24) is 0 Å². The molecule has 0 aromatic heterocycles. The molecule has 0 rings (SSSR count). The second-order valence-electron chi connectivity index (χ2n) is 22.0. The van der Waals surface area contributed by atoms with Gasteiger partial charge in [0.1, 0.15) is 13.2 Å². The maximum atomic E-state index is 12.9. The summed E-state index contributed by atoms with van der Waals surface area (Å²) in [7, 11) is 0. The molecular formula is C69H124O6. The number of hydrogen-bond acceptors (Lipinski definition) is 6. The van der Waals surface area contributed by atoms with Gasteiger partial charge in [-0.2, -0.15) is 0 Å². The molecule has 0 unspecified atom stereocenters. The maximum absolute atomic E-state index is 12.9. The number of carbonyl (C=O) groups is 3. The molecule has 6 heteroatoms. The smallest absolute Gasteiger partial charge is 0.306 e. The minimum Gasteiger partial charge on any atom is -0.462 e. The van der Waals surface area contributed by atoms with Gasteiger partial charge in [0.25, 0.3) is 0 Å². The van der Waals surface area contributed by atoms with Crippen LogP contribution in [0.5, 0.6) is 0 Å². The van der Waals surface area contributed by atoms with Gasteiger partial charge in [-0.1, -0.05) is 281 Å². The van der Waals surface area contributed by atoms with Crippen LogP contribution in [0.1, 0.15) is 342 Å². The summed E-state index contributed by atoms with van der Waals surface area (Å²) in [5.74, 6) is -0.928. The Labute approximate surface area is 466 Å². The van der Waals surface area contributed by atoms with Crippen molar-refractivity contribution >= 4 is 17.9 Å². The van der Waals surface area contributed by atoms with Crippen LogP contribution in [0.15, 0.2) is 60.8 Å². The normalized spacial score (nSPS) is 12.4. The molecule has 0 radical (unpaired) electrons. The second kappa shape index (κ2) is 63.6. The first-order chi connectivity index (χ1) is 37.0. The SMILES string of the molecule is CCCCCCCC/C=C\C/C=C\C/C=C\CCCC(=O)OC[C@@H](COC(=O)CCCCCCCCCCC/C=C\CCCCCCCC)OC(=O)CCCCCCCCCCCCC/C=C\CCCCCCCC. The fourth-order valence-electron chi connectivity index (χ4n) is 9.51. The lowest BCUT2D eigenvalue weighted by Gasteiger charge is -2.18. The van der Waals surface area contributed by atoms with Gasteiger partial charge in [0, 0.05) is 19.3 Å². The van der Waals surface area contributed by atoms with Crippen LogP contribution in [0.3, 0.4) is 0 Å². The Morgan fingerprint density at radius 1 is 0.267 bits per heavy atom. The molecule has 75 heavy (non-hydrogen) atoms. The average molecular weight is 1050 g/mol. The first-order valence-electron chi connectivity index (χ1n) is 32.8. The largest absolute Gasteiger partial charge is 0.462 e. The molecule has 0 saturated heterocycles. The Morgan fingerprint density at radius 3 is 0.813 bits per heavy atom. The van der Waals surface area contributed by atoms with Crippen molar-refractivity contribution < 1.29 is 28.6 Å². The summed E-state index contributed by atoms with van der Waals surface area (Å²) in [6, 6.07) is 0. The average Bonchev–Trinajstić information content (AvgIpc) is 3.41. The predicted octanol–water partition coefficient (Wildman–Crippen LogP) is 22.3. The molecule has 0 aliphatic heterocycles. The maximum Gasteiger partial charge on any atom is 0.306 e. The summed E-state index contributed by atoms with van der Waals surface area (Å²) < 4.78 is 16.9. The number of carbonyl (C=O) groups excluding carboxylic acids is 3. The summed E-state index contributed by atoms with van der Waals surface area (Å²) in [6.45, 7) is 6.63. The lowest BCUT2D eigenvalue weighted by Crippen LogP contribution is -2.30. The van der Waals surface area contributed by atoms with E-state index in [1.807, 2.05) is 0 Å². The molecule has 0 saturated carbocycles. The van der Waals surface area contributed by atoms with Gasteiger partial charge in [0.2, 0.25) is 0 Å². The molecule has 0 spiro atoms. The van der Waals surface area contributed by atoms with Gasteiger partial charge in [-0.15, -0.1) is 0 Å². The topological polar surface area (TPSA) is 78.9 Å². The summed E-state index contributed by atoms with van der Waals surface area (Å²) in [5, 5.41) is 0. The highest BCUT2D eigenvalue weighted by atomic mass is 16.6. The van der Waals surface area contributed by atoms with Crippen LogP contribution in [-0.2, 0) is 28.6 Å². The van der Waals surface area contributed by atoms with Gasteiger partial charge in [-0.05, 0) is 103 Å². The third kappa shape index (κ3) is 61.8. The molecule has 0 aliphatic rings. The molecule has 0 aliphatic carbocycles. The van der Waals surface area contributed by atoms with E-state index in [0.29, 0.717) is 19.3 Å². The number of allylic oxidation sites excluding steroid dienone is 10. The van der Waals surface area contributed by atoms with E-state index in [2.05, 4.69) is 81.5 Å². The Bertz CT molecular complexity index is 1340. The van der Waals surface area contributed by atoms with Crippen LogP contribution in [0.25, 0.3) is 0 Å². The van der Waals surface area contributed by atoms with Crippen molar-refractivity contribution in [2.24, 2.45) is 0 Å². The molecule has 0 aromatic rings. The molecule has 6 nitrogen and oxygen atoms in total. The summed E-state index contributed by atoms with van der Waals surface area (Å²) in [6.07, 6.45) is 80.9. The highest BCUT2D eigenvalue weighted by molar-refractivity contribution is 5.71. The number of unbranched alkanes of at least 4 members (excludes halogenated alkanes) is 39. The van der Waals surface area contributed by atoms with Crippen molar-refractivity contribution in [3.63, 3.8) is 0 Å². The first-order valence-corrected chi connectivity index (χ1v) is 32.8. The van der Waals surface area contributed by atoms with E-state index in [1.165, 1.54) is 238 Å². The lowest BCUT2D eigenvalue weighted by atomic mass is 10.0. The Morgan fingerprint density at radius 2 is 0.493 bits per heavy atom. The van der Waals surface area contributed by atoms with E-state index in [9.17, 15) is 14.4 Å². The zero-order chi connectivity index (χ0) is 54.3. The minimum absolute atomic E-state index is 0.0890. The number of esters is 3. The Kier molecular flexibility index (Phi) is 61.2. The zero-order valence-electron chi connectivity index (χ0n) is 50.1. The van der Waals surface area contributed by atoms with Crippen LogP contribution >= 0.6 is 0 Å². The van der Waals surface area contributed by atoms with Crippen LogP contribution in [0.2, 0.25) is 0 Å². The number of ether oxygens (including phenoxy) is 3. The molecule has 0 heterocycles. The fourth-order valence-corrected chi connectivity index (χ4v) is 9.51. The highest BCUT2D eigenvalue weighted by Gasteiger charge is 2.19. The van der Waals surface area contributed by atoms with Crippen LogP contribution in [-0.4, -0.2) is 37.2 Å². The molecule has 1 atom stereocenters. The molecule has 0 fully saturated rings. The molecule has 0 aromatic carbocycles. The second-order valence-corrected chi connectivity index (χ2v) is 22.0. The Balaban J connectivity index is 4.40. The van der Waals surface area contributed by atoms with Gasteiger partial charge in [-0.3, -0.25) is 14.4 Å². The molecule has 436 valence electrons. The van der Waals surface area contributed by atoms with Crippen molar-refractivity contribution in [1.29, 1.82) is 0 Å². The molecular weight excluding hydrogens is 925 g/mol. The van der Waals surface area contributed by atoms with Crippen molar-refractivity contribution in [2.75, 3.05) is 13.2 Å². The lowest BCUT2D eigenvalue weighted by molar-refractivity contribution is -0.167. The standard InChI is InChI=1S/C69H124O6/c1-4-7-10-13-16-19-22-25-28-31-33-34-36-39-42-45-48-51-54-57-60-63-69(72)75-66(64-73-67(70)61-58-55-52-49-46-43-40-37-30-27-24-21-18-15-12-9-6-3)65-74-68(71)62-59-56-53-50-47-44-41-38-35-32-29-26-23-20-17-14-11-8-5-2/h25-30,40,43,49,52,66H,4-24,31-39,41-42,44-48,50-51,53-65H2,1-3H3/b28-25-,29-26-,30-27-,43-40-,52-49-/t66-/m0/s1. The minimum atomic E-state index is -0.796. The van der Waals surface area contributed by atoms with Gasteiger partial charge >= 0.3 is 17.9 Å². The number of rotatable bonds is 60. The van der Waals surface area contributed by atoms with E-state index in [-0.39, 0.29) is 37.5 Å². The first kappa shape index (κ1) is 72.1. The van der Waals surface area contributed by atoms with Crippen molar-refractivity contribution in [3.05, 3.63) is 60.8 Å². The van der Waals surface area contributed by atoms with Gasteiger partial charge in [-0.25, -0.2) is 0 Å². The number of hydrogen-bond donors (Lipinski definition) is 0. The Hall–Kier alpha value is -2.89. The highest BCUT2D eigenvalue weighted by Crippen LogP contribution is 2.16. The summed E-state index contributed by atoms with van der Waals surface area (Å²) >= 11 is 0. The molecule has 0 bridgehead atoms. The van der Waals surface area contributed by atoms with Crippen LogP contribution in [0, 0.1) is 0 Å². The van der Waals surface area contributed by atoms with Gasteiger partial charge < -0.3 is 14.2 Å². The van der Waals surface area contributed by atoms with E-state index in [4.69, 9.17) is 14.2 Å². The van der Waals surface area contributed by atoms with Crippen LogP contribution in [0.4, 0.5) is 0 Å². The van der Waals surface area contributed by atoms with Crippen LogP contribution < -0.4 is 0 Å². The third-order valence-corrected chi connectivity index (χ3v) is 14.5. The zero-order valence-corrected chi connectivity index (χ0v) is 50.1. The predicted molar refractivity (Wildman–Crippen MR) is 325 cm³/mol. The quantitative estimate of drug-likeness (QED) is 0.0261. The van der Waals surface area contributed by atoms with Crippen molar-refractivity contribution in [3.8, 4) is 0 Å². The van der Waals surface area contributed by atoms with Gasteiger partial charge in [0.05, 0.1) is 0 Å². The fraction of sp³-hybridized carbons (Fsp3) is 0.812. The van der Waals surface area contributed by atoms with Crippen molar-refractivity contribution in [2.45, 2.75) is 348 Å². The van der Waals surface area contributed by atoms with E-state index >= 15 is 0 Å². The van der Waals surface area contributed by atoms with E-state index < -0.39 is 6.10 Å². The van der Waals surface area contributed by atoms with E-state index in [1.54, 1.807) is 0 Å². The molecule has 0 amide bonds. The van der Waals surface area contributed by atoms with Gasteiger partial charge in [0.15, 0.2) is 6.10 Å². The summed E-state index contributed by atoms with van der Waals surface area (Å²) in [4.78, 5) is 38.3. The summed E-state index contributed by atoms with van der Waals surface area (Å²) in [5.41, 5.74) is 0.